The molecular weight excluding hydrogens is 554 g/mol. The van der Waals surface area contributed by atoms with Gasteiger partial charge in [-0.3, -0.25) is 9.36 Å². The van der Waals surface area contributed by atoms with Crippen molar-refractivity contribution in [2.75, 3.05) is 0 Å². The molecule has 1 unspecified atom stereocenters. The summed E-state index contributed by atoms with van der Waals surface area (Å²) in [5, 5.41) is 32.2. The number of rotatable bonds is 7. The summed E-state index contributed by atoms with van der Waals surface area (Å²) in [6.45, 7) is 0. The van der Waals surface area contributed by atoms with E-state index in [1.54, 1.807) is 29.1 Å². The van der Waals surface area contributed by atoms with Crippen LogP contribution in [0.1, 0.15) is 36.7 Å². The molecule has 4 aromatic heterocycles. The summed E-state index contributed by atoms with van der Waals surface area (Å²) in [6, 6.07) is 6.56. The van der Waals surface area contributed by atoms with Crippen molar-refractivity contribution in [2.45, 2.75) is 31.5 Å². The molecule has 5 aromatic rings. The molecule has 0 bridgehead atoms. The van der Waals surface area contributed by atoms with Crippen molar-refractivity contribution < 1.29 is 22.3 Å². The van der Waals surface area contributed by atoms with Crippen LogP contribution in [0.25, 0.3) is 28.1 Å². The highest BCUT2D eigenvalue weighted by Gasteiger charge is 2.36. The Bertz CT molecular complexity index is 1690. The second-order valence-corrected chi connectivity index (χ2v) is 10.0. The Labute approximate surface area is 229 Å². The Hall–Kier alpha value is -4.33. The number of nitrogens with zero attached hydrogens (tertiary/aromatic N) is 9. The molecule has 1 atom stereocenters. The minimum atomic E-state index is -4.58. The zero-order valence-electron chi connectivity index (χ0n) is 20.8. The minimum Gasteiger partial charge on any atom is -0.618 e. The third-order valence-electron chi connectivity index (χ3n) is 6.88. The van der Waals surface area contributed by atoms with Gasteiger partial charge in [0, 0.05) is 24.9 Å². The van der Waals surface area contributed by atoms with Gasteiger partial charge in [-0.2, -0.15) is 32.8 Å². The van der Waals surface area contributed by atoms with E-state index in [2.05, 4.69) is 25.7 Å². The van der Waals surface area contributed by atoms with Crippen LogP contribution < -0.4 is 4.73 Å². The number of hydrogen-bond donors (Lipinski definition) is 0. The third-order valence-corrected chi connectivity index (χ3v) is 7.18. The summed E-state index contributed by atoms with van der Waals surface area (Å²) >= 11 is 6.05. The highest BCUT2D eigenvalue weighted by molar-refractivity contribution is 6.31. The number of tetrazole rings is 1. The molecule has 40 heavy (non-hydrogen) atoms. The molecule has 0 N–H and O–H groups in total. The quantitative estimate of drug-likeness (QED) is 0.158. The lowest BCUT2D eigenvalue weighted by molar-refractivity contribution is -0.615. The highest BCUT2D eigenvalue weighted by Crippen LogP contribution is 2.40. The Morgan fingerprint density at radius 1 is 1.18 bits per heavy atom. The fourth-order valence-electron chi connectivity index (χ4n) is 4.73. The average Bonchev–Trinajstić information content (AvgIpc) is 3.28. The standard InChI is InChI=1S/C25H20ClF4N9O/c1-36-20(9-22(33-36)25(28,29)30)16-10-32-37(11-16)21(8-14-2-3-14)18-6-4-15(12-39(18)40)23-19(38-13-31-34-35-38)7-5-17(26)24(23)27/h4-7,9-14,21H,2-3,8H2,1H3. The first-order chi connectivity index (χ1) is 19.1. The summed E-state index contributed by atoms with van der Waals surface area (Å²) in [5.41, 5.74) is 0.596. The van der Waals surface area contributed by atoms with Gasteiger partial charge in [0.05, 0.1) is 33.7 Å². The van der Waals surface area contributed by atoms with Crippen molar-refractivity contribution in [3.8, 4) is 28.1 Å². The van der Waals surface area contributed by atoms with Gasteiger partial charge in [-0.25, -0.2) is 4.39 Å². The van der Waals surface area contributed by atoms with Crippen molar-refractivity contribution in [3.63, 3.8) is 0 Å². The van der Waals surface area contributed by atoms with E-state index in [1.807, 2.05) is 0 Å². The number of hydrogen-bond acceptors (Lipinski definition) is 6. The second-order valence-electron chi connectivity index (χ2n) is 9.62. The van der Waals surface area contributed by atoms with E-state index in [-0.39, 0.29) is 21.8 Å². The smallest absolute Gasteiger partial charge is 0.435 e. The van der Waals surface area contributed by atoms with Crippen molar-refractivity contribution in [1.82, 2.24) is 39.8 Å². The lowest BCUT2D eigenvalue weighted by atomic mass is 10.0. The lowest BCUT2D eigenvalue weighted by Crippen LogP contribution is -2.35. The molecule has 0 aliphatic heterocycles. The molecule has 1 aliphatic rings. The van der Waals surface area contributed by atoms with E-state index >= 15 is 4.39 Å². The molecule has 10 nitrogen and oxygen atoms in total. The maximum absolute atomic E-state index is 15.2. The molecule has 1 aliphatic carbocycles. The van der Waals surface area contributed by atoms with Crippen LogP contribution in [0.15, 0.2) is 55.2 Å². The Morgan fingerprint density at radius 2 is 1.98 bits per heavy atom. The van der Waals surface area contributed by atoms with Crippen molar-refractivity contribution in [3.05, 3.63) is 82.7 Å². The monoisotopic (exact) mass is 573 g/mol. The van der Waals surface area contributed by atoms with Crippen LogP contribution in [-0.2, 0) is 13.2 Å². The van der Waals surface area contributed by atoms with Gasteiger partial charge in [-0.05, 0) is 47.0 Å². The summed E-state index contributed by atoms with van der Waals surface area (Å²) in [7, 11) is 1.42. The van der Waals surface area contributed by atoms with E-state index in [4.69, 9.17) is 11.6 Å². The number of aryl methyl sites for hydroxylation is 1. The van der Waals surface area contributed by atoms with Gasteiger partial charge >= 0.3 is 6.18 Å². The average molecular weight is 574 g/mol. The van der Waals surface area contributed by atoms with Gasteiger partial charge in [0.2, 0.25) is 5.69 Å². The first kappa shape index (κ1) is 25.9. The molecule has 0 amide bonds. The second kappa shape index (κ2) is 9.70. The molecule has 0 spiro atoms. The number of aromatic nitrogens is 9. The maximum Gasteiger partial charge on any atom is 0.435 e. The van der Waals surface area contributed by atoms with Crippen molar-refractivity contribution in [2.24, 2.45) is 13.0 Å². The number of benzene rings is 1. The zero-order valence-corrected chi connectivity index (χ0v) is 21.6. The zero-order chi connectivity index (χ0) is 28.2. The van der Waals surface area contributed by atoms with Crippen LogP contribution in [0.3, 0.4) is 0 Å². The fraction of sp³-hybridized carbons (Fsp3) is 0.280. The molecule has 0 radical (unpaired) electrons. The van der Waals surface area contributed by atoms with Gasteiger partial charge in [0.1, 0.15) is 12.4 Å². The van der Waals surface area contributed by atoms with Crippen LogP contribution in [0.5, 0.6) is 0 Å². The van der Waals surface area contributed by atoms with Crippen molar-refractivity contribution in [1.29, 1.82) is 0 Å². The van der Waals surface area contributed by atoms with Crippen molar-refractivity contribution >= 4 is 11.6 Å². The first-order valence-electron chi connectivity index (χ1n) is 12.2. The number of alkyl halides is 3. The molecule has 0 saturated heterocycles. The van der Waals surface area contributed by atoms with Crippen LogP contribution in [0.4, 0.5) is 17.6 Å². The topological polar surface area (TPSA) is 106 Å². The molecule has 1 aromatic carbocycles. The molecule has 6 rings (SSSR count). The van der Waals surface area contributed by atoms with Crippen LogP contribution in [-0.4, -0.2) is 39.8 Å². The summed E-state index contributed by atoms with van der Waals surface area (Å²) in [6.07, 6.45) is 3.62. The predicted octanol–water partition coefficient (Wildman–Crippen LogP) is 4.76. The number of pyridine rings is 1. The molecule has 206 valence electrons. The van der Waals surface area contributed by atoms with Gasteiger partial charge in [-0.1, -0.05) is 24.4 Å². The highest BCUT2D eigenvalue weighted by atomic mass is 35.5. The SMILES string of the molecule is Cn1nc(C(F)(F)F)cc1-c1cnn(C(CC2CC2)c2ccc(-c3c(-n4cnnn4)ccc(Cl)c3F)c[n+]2[O-])c1. The Kier molecular flexibility index (Phi) is 6.28. The van der Waals surface area contributed by atoms with E-state index in [1.165, 1.54) is 36.5 Å². The van der Waals surface area contributed by atoms with E-state index in [9.17, 15) is 18.4 Å². The molecular formula is C25H20ClF4N9O. The molecule has 4 heterocycles. The van der Waals surface area contributed by atoms with E-state index in [0.29, 0.717) is 34.0 Å². The third kappa shape index (κ3) is 4.78. The van der Waals surface area contributed by atoms with E-state index in [0.717, 1.165) is 23.6 Å². The van der Waals surface area contributed by atoms with Crippen LogP contribution in [0.2, 0.25) is 5.02 Å². The van der Waals surface area contributed by atoms with E-state index < -0.39 is 23.7 Å². The first-order valence-corrected chi connectivity index (χ1v) is 12.6. The summed E-state index contributed by atoms with van der Waals surface area (Å²) in [5.74, 6) is -0.356. The normalized spacial score (nSPS) is 14.6. The van der Waals surface area contributed by atoms with Gasteiger partial charge in [0.15, 0.2) is 17.7 Å². The molecule has 1 fully saturated rings. The predicted molar refractivity (Wildman–Crippen MR) is 133 cm³/mol. The van der Waals surface area contributed by atoms with Gasteiger partial charge in [-0.15, -0.1) is 5.10 Å². The number of halogens is 5. The van der Waals surface area contributed by atoms with Gasteiger partial charge in [0.25, 0.3) is 0 Å². The van der Waals surface area contributed by atoms with Crippen LogP contribution >= 0.6 is 11.6 Å². The fourth-order valence-corrected chi connectivity index (χ4v) is 4.88. The Balaban J connectivity index is 1.38. The largest absolute Gasteiger partial charge is 0.618 e. The molecule has 15 heteroatoms. The Morgan fingerprint density at radius 3 is 2.62 bits per heavy atom. The maximum atomic E-state index is 15.2. The van der Waals surface area contributed by atoms with Crippen LogP contribution in [0, 0.1) is 16.9 Å². The summed E-state index contributed by atoms with van der Waals surface area (Å²) < 4.78 is 59.4. The molecule has 1 saturated carbocycles. The lowest BCUT2D eigenvalue weighted by Gasteiger charge is -2.18. The minimum absolute atomic E-state index is 0.0488. The van der Waals surface area contributed by atoms with Gasteiger partial charge < -0.3 is 5.21 Å². The summed E-state index contributed by atoms with van der Waals surface area (Å²) in [4.78, 5) is 0.